The van der Waals surface area contributed by atoms with Gasteiger partial charge in [0.1, 0.15) is 0 Å². The highest BCUT2D eigenvalue weighted by atomic mass is 15.2. The van der Waals surface area contributed by atoms with Crippen LogP contribution in [0, 0.1) is 16.9 Å². The summed E-state index contributed by atoms with van der Waals surface area (Å²) in [4.78, 5) is 1.81. The molecule has 0 aromatic heterocycles. The highest BCUT2D eigenvalue weighted by Crippen LogP contribution is 2.35. The fourth-order valence-electron chi connectivity index (χ4n) is 1.14. The van der Waals surface area contributed by atoms with Gasteiger partial charge in [0.25, 0.3) is 0 Å². The molecule has 1 saturated heterocycles. The molecule has 2 nitrogen and oxygen atoms in total. The van der Waals surface area contributed by atoms with Crippen LogP contribution in [0.15, 0.2) is 0 Å². The Balaban J connectivity index is 2.54. The molecule has 0 bridgehead atoms. The summed E-state index contributed by atoms with van der Waals surface area (Å²) in [6.07, 6.45) is 2.14. The van der Waals surface area contributed by atoms with Gasteiger partial charge >= 0.3 is 0 Å². The molecule has 0 aromatic carbocycles. The van der Waals surface area contributed by atoms with Gasteiger partial charge in [0.05, 0.1) is 0 Å². The van der Waals surface area contributed by atoms with Crippen LogP contribution in [0.25, 0.3) is 0 Å². The van der Waals surface area contributed by atoms with Crippen molar-refractivity contribution in [3.05, 3.63) is 0 Å². The zero-order valence-electron chi connectivity index (χ0n) is 6.18. The van der Waals surface area contributed by atoms with Crippen LogP contribution in [0.3, 0.4) is 0 Å². The quantitative estimate of drug-likeness (QED) is 0.454. The van der Waals surface area contributed by atoms with Crippen molar-refractivity contribution in [1.82, 2.24) is 4.90 Å². The van der Waals surface area contributed by atoms with Gasteiger partial charge in [-0.2, -0.15) is 5.26 Å². The van der Waals surface area contributed by atoms with Crippen LogP contribution in [-0.4, -0.2) is 17.5 Å². The molecule has 50 valence electrons. The Kier molecular flexibility index (Phi) is 1.16. The molecule has 0 amide bonds. The standard InChI is InChI=1S/C7H12N2/c1-6-7(2,3)4-9(6)5-8/h6H,4H2,1-3H3. The Morgan fingerprint density at radius 1 is 1.67 bits per heavy atom. The first-order valence-electron chi connectivity index (χ1n) is 3.24. The molecule has 0 aromatic rings. The lowest BCUT2D eigenvalue weighted by molar-refractivity contribution is 0.00998. The Bertz CT molecular complexity index is 155. The molecule has 9 heavy (non-hydrogen) atoms. The first kappa shape index (κ1) is 6.41. The minimum atomic E-state index is 0.357. The second kappa shape index (κ2) is 1.63. The van der Waals surface area contributed by atoms with Gasteiger partial charge in [-0.15, -0.1) is 0 Å². The summed E-state index contributed by atoms with van der Waals surface area (Å²) in [5.74, 6) is 0. The molecule has 1 fully saturated rings. The minimum absolute atomic E-state index is 0.357. The van der Waals surface area contributed by atoms with E-state index in [0.29, 0.717) is 11.5 Å². The van der Waals surface area contributed by atoms with Crippen LogP contribution in [0.5, 0.6) is 0 Å². The monoisotopic (exact) mass is 124 g/mol. The lowest BCUT2D eigenvalue weighted by Gasteiger charge is -2.49. The minimum Gasteiger partial charge on any atom is -0.307 e. The molecule has 2 heteroatoms. The number of rotatable bonds is 0. The molecule has 0 spiro atoms. The summed E-state index contributed by atoms with van der Waals surface area (Å²) in [5, 5.41) is 8.46. The molecular weight excluding hydrogens is 112 g/mol. The lowest BCUT2D eigenvalue weighted by Crippen LogP contribution is -2.57. The van der Waals surface area contributed by atoms with Crippen molar-refractivity contribution in [2.45, 2.75) is 26.8 Å². The molecule has 1 aliphatic rings. The van der Waals surface area contributed by atoms with Gasteiger partial charge in [-0.25, -0.2) is 0 Å². The van der Waals surface area contributed by atoms with E-state index in [9.17, 15) is 0 Å². The van der Waals surface area contributed by atoms with Crippen molar-refractivity contribution in [1.29, 1.82) is 5.26 Å². The van der Waals surface area contributed by atoms with Gasteiger partial charge in [0.2, 0.25) is 0 Å². The third kappa shape index (κ3) is 0.769. The third-order valence-electron chi connectivity index (χ3n) is 2.30. The predicted octanol–water partition coefficient (Wildman–Crippen LogP) is 1.20. The van der Waals surface area contributed by atoms with Crippen LogP contribution < -0.4 is 0 Å². The van der Waals surface area contributed by atoms with E-state index in [1.165, 1.54) is 0 Å². The van der Waals surface area contributed by atoms with Gasteiger partial charge in [-0.3, -0.25) is 0 Å². The van der Waals surface area contributed by atoms with E-state index in [1.807, 2.05) is 0 Å². The average molecular weight is 124 g/mol. The summed E-state index contributed by atoms with van der Waals surface area (Å²) < 4.78 is 0. The van der Waals surface area contributed by atoms with Crippen molar-refractivity contribution in [2.75, 3.05) is 6.54 Å². The Labute approximate surface area is 56.1 Å². The van der Waals surface area contributed by atoms with Crippen LogP contribution >= 0.6 is 0 Å². The molecule has 0 N–H and O–H groups in total. The number of hydrogen-bond acceptors (Lipinski definition) is 2. The van der Waals surface area contributed by atoms with Crippen molar-refractivity contribution in [3.8, 4) is 6.19 Å². The van der Waals surface area contributed by atoms with Crippen LogP contribution in [0.2, 0.25) is 0 Å². The fourth-order valence-corrected chi connectivity index (χ4v) is 1.14. The maximum Gasteiger partial charge on any atom is 0.179 e. The number of nitrogens with zero attached hydrogens (tertiary/aromatic N) is 2. The van der Waals surface area contributed by atoms with Crippen LogP contribution in [-0.2, 0) is 0 Å². The van der Waals surface area contributed by atoms with Crippen molar-refractivity contribution in [3.63, 3.8) is 0 Å². The van der Waals surface area contributed by atoms with E-state index in [4.69, 9.17) is 5.26 Å². The van der Waals surface area contributed by atoms with Crippen molar-refractivity contribution >= 4 is 0 Å². The van der Waals surface area contributed by atoms with Gasteiger partial charge < -0.3 is 4.90 Å². The van der Waals surface area contributed by atoms with Gasteiger partial charge in [-0.05, 0) is 6.92 Å². The predicted molar refractivity (Wildman–Crippen MR) is 35.6 cm³/mol. The summed E-state index contributed by atoms with van der Waals surface area (Å²) in [6.45, 7) is 7.38. The van der Waals surface area contributed by atoms with Gasteiger partial charge in [0.15, 0.2) is 6.19 Å². The summed E-state index contributed by atoms with van der Waals surface area (Å²) in [6, 6.07) is 0.433. The largest absolute Gasteiger partial charge is 0.307 e. The maximum absolute atomic E-state index is 8.46. The molecule has 1 rings (SSSR count). The summed E-state index contributed by atoms with van der Waals surface area (Å²) in [5.41, 5.74) is 0.357. The highest BCUT2D eigenvalue weighted by Gasteiger charge is 2.41. The number of nitriles is 1. The SMILES string of the molecule is CC1N(C#N)CC1(C)C. The molecule has 1 unspecified atom stereocenters. The van der Waals surface area contributed by atoms with E-state index in [0.717, 1.165) is 6.54 Å². The van der Waals surface area contributed by atoms with Crippen LogP contribution in [0.4, 0.5) is 0 Å². The molecule has 1 aliphatic heterocycles. The zero-order valence-corrected chi connectivity index (χ0v) is 6.18. The number of likely N-dealkylation sites (tertiary alicyclic amines) is 1. The van der Waals surface area contributed by atoms with E-state index < -0.39 is 0 Å². The molecule has 0 aliphatic carbocycles. The second-order valence-electron chi connectivity index (χ2n) is 3.39. The Morgan fingerprint density at radius 2 is 2.22 bits per heavy atom. The van der Waals surface area contributed by atoms with Crippen LogP contribution in [0.1, 0.15) is 20.8 Å². The second-order valence-corrected chi connectivity index (χ2v) is 3.39. The first-order chi connectivity index (χ1) is 4.08. The highest BCUT2D eigenvalue weighted by molar-refractivity contribution is 5.01. The topological polar surface area (TPSA) is 27.0 Å². The van der Waals surface area contributed by atoms with Crippen molar-refractivity contribution < 1.29 is 0 Å². The smallest absolute Gasteiger partial charge is 0.179 e. The number of hydrogen-bond donors (Lipinski definition) is 0. The molecule has 1 heterocycles. The molecule has 0 radical (unpaired) electrons. The van der Waals surface area contributed by atoms with E-state index in [-0.39, 0.29) is 0 Å². The zero-order chi connectivity index (χ0) is 7.07. The fraction of sp³-hybridized carbons (Fsp3) is 0.857. The average Bonchev–Trinajstić information content (AvgIpc) is 1.82. The third-order valence-corrected chi connectivity index (χ3v) is 2.30. The molecule has 0 saturated carbocycles. The van der Waals surface area contributed by atoms with E-state index in [2.05, 4.69) is 27.0 Å². The summed E-state index contributed by atoms with van der Waals surface area (Å²) in [7, 11) is 0. The Morgan fingerprint density at radius 3 is 2.33 bits per heavy atom. The van der Waals surface area contributed by atoms with Gasteiger partial charge in [0, 0.05) is 18.0 Å². The molecular formula is C7H12N2. The first-order valence-corrected chi connectivity index (χ1v) is 3.24. The lowest BCUT2D eigenvalue weighted by atomic mass is 9.76. The Hall–Kier alpha value is -0.710. The molecule has 1 atom stereocenters. The van der Waals surface area contributed by atoms with Crippen molar-refractivity contribution in [2.24, 2.45) is 5.41 Å². The van der Waals surface area contributed by atoms with E-state index in [1.54, 1.807) is 4.90 Å². The maximum atomic E-state index is 8.46. The summed E-state index contributed by atoms with van der Waals surface area (Å²) >= 11 is 0. The van der Waals surface area contributed by atoms with Gasteiger partial charge in [-0.1, -0.05) is 13.8 Å². The normalized spacial score (nSPS) is 30.9. The van der Waals surface area contributed by atoms with E-state index >= 15 is 0 Å².